The minimum Gasteiger partial charge on any atom is -0.255 e. The van der Waals surface area contributed by atoms with Gasteiger partial charge < -0.3 is 0 Å². The van der Waals surface area contributed by atoms with E-state index in [4.69, 9.17) is 11.6 Å². The SMILES string of the molecule is Clc1ccc(N=C2NN=C(c3ccccc3)CS2)cc1. The van der Waals surface area contributed by atoms with Gasteiger partial charge in [0.2, 0.25) is 0 Å². The Balaban J connectivity index is 1.74. The first-order valence-corrected chi connectivity index (χ1v) is 7.53. The lowest BCUT2D eigenvalue weighted by atomic mass is 10.1. The zero-order chi connectivity index (χ0) is 13.8. The van der Waals surface area contributed by atoms with Gasteiger partial charge in [0.15, 0.2) is 5.17 Å². The maximum Gasteiger partial charge on any atom is 0.182 e. The summed E-state index contributed by atoms with van der Waals surface area (Å²) in [5.41, 5.74) is 6.03. The summed E-state index contributed by atoms with van der Waals surface area (Å²) in [7, 11) is 0. The highest BCUT2D eigenvalue weighted by Gasteiger charge is 2.12. The van der Waals surface area contributed by atoms with E-state index in [9.17, 15) is 0 Å². The summed E-state index contributed by atoms with van der Waals surface area (Å²) in [6.45, 7) is 0. The van der Waals surface area contributed by atoms with Crippen molar-refractivity contribution in [3.05, 3.63) is 65.2 Å². The van der Waals surface area contributed by atoms with Gasteiger partial charge in [-0.1, -0.05) is 53.7 Å². The van der Waals surface area contributed by atoms with Crippen LogP contribution in [0.15, 0.2) is 64.7 Å². The van der Waals surface area contributed by atoms with Crippen molar-refractivity contribution in [2.45, 2.75) is 0 Å². The standard InChI is InChI=1S/C15H12ClN3S/c16-12-6-8-13(9-7-12)17-15-19-18-14(10-20-15)11-4-2-1-3-5-11/h1-9H,10H2,(H,17,19). The van der Waals surface area contributed by atoms with E-state index in [1.807, 2.05) is 42.5 Å². The van der Waals surface area contributed by atoms with Gasteiger partial charge in [0.1, 0.15) is 0 Å². The van der Waals surface area contributed by atoms with Crippen molar-refractivity contribution >= 4 is 39.9 Å². The first-order valence-electron chi connectivity index (χ1n) is 6.16. The molecule has 0 fully saturated rings. The molecule has 1 heterocycles. The molecule has 0 amide bonds. The van der Waals surface area contributed by atoms with Gasteiger partial charge >= 0.3 is 0 Å². The number of benzene rings is 2. The fourth-order valence-corrected chi connectivity index (χ4v) is 2.70. The van der Waals surface area contributed by atoms with Crippen molar-refractivity contribution in [1.29, 1.82) is 0 Å². The molecule has 1 N–H and O–H groups in total. The third kappa shape index (κ3) is 3.21. The highest BCUT2D eigenvalue weighted by molar-refractivity contribution is 8.14. The first-order chi connectivity index (χ1) is 9.81. The predicted octanol–water partition coefficient (Wildman–Crippen LogP) is 4.07. The molecule has 100 valence electrons. The molecule has 2 aromatic rings. The second-order valence-electron chi connectivity index (χ2n) is 4.22. The molecular formula is C15H12ClN3S. The third-order valence-corrected chi connectivity index (χ3v) is 3.92. The lowest BCUT2D eigenvalue weighted by molar-refractivity contribution is 1.03. The number of hydrazone groups is 1. The largest absolute Gasteiger partial charge is 0.255 e. The molecule has 0 saturated carbocycles. The Kier molecular flexibility index (Phi) is 4.04. The lowest BCUT2D eigenvalue weighted by Gasteiger charge is -2.14. The second-order valence-corrected chi connectivity index (χ2v) is 5.62. The molecule has 0 bridgehead atoms. The summed E-state index contributed by atoms with van der Waals surface area (Å²) in [6, 6.07) is 17.6. The lowest BCUT2D eigenvalue weighted by Crippen LogP contribution is -2.25. The summed E-state index contributed by atoms with van der Waals surface area (Å²) in [6.07, 6.45) is 0. The topological polar surface area (TPSA) is 36.8 Å². The number of rotatable bonds is 2. The smallest absolute Gasteiger partial charge is 0.182 e. The van der Waals surface area contributed by atoms with Gasteiger partial charge in [0.25, 0.3) is 0 Å². The maximum absolute atomic E-state index is 5.85. The van der Waals surface area contributed by atoms with Crippen LogP contribution in [-0.2, 0) is 0 Å². The molecule has 1 aliphatic rings. The van der Waals surface area contributed by atoms with Crippen LogP contribution < -0.4 is 5.43 Å². The predicted molar refractivity (Wildman–Crippen MR) is 87.1 cm³/mol. The summed E-state index contributed by atoms with van der Waals surface area (Å²) >= 11 is 7.49. The van der Waals surface area contributed by atoms with Gasteiger partial charge in [-0.15, -0.1) is 0 Å². The van der Waals surface area contributed by atoms with Crippen LogP contribution in [-0.4, -0.2) is 16.6 Å². The average Bonchev–Trinajstić information content (AvgIpc) is 2.51. The van der Waals surface area contributed by atoms with Crippen molar-refractivity contribution in [3.63, 3.8) is 0 Å². The Bertz CT molecular complexity index is 651. The van der Waals surface area contributed by atoms with Crippen LogP contribution in [0.25, 0.3) is 0 Å². The number of nitrogens with zero attached hydrogens (tertiary/aromatic N) is 2. The van der Waals surface area contributed by atoms with Gasteiger partial charge in [-0.2, -0.15) is 5.10 Å². The normalized spacial score (nSPS) is 16.6. The molecule has 5 heteroatoms. The van der Waals surface area contributed by atoms with Crippen LogP contribution in [0.5, 0.6) is 0 Å². The second kappa shape index (κ2) is 6.11. The summed E-state index contributed by atoms with van der Waals surface area (Å²) in [5.74, 6) is 0.809. The molecule has 0 aromatic heterocycles. The minimum absolute atomic E-state index is 0.711. The molecule has 0 atom stereocenters. The van der Waals surface area contributed by atoms with Gasteiger partial charge in [0, 0.05) is 10.8 Å². The number of nitrogens with one attached hydrogen (secondary N) is 1. The fraction of sp³-hybridized carbons (Fsp3) is 0.0667. The van der Waals surface area contributed by atoms with Crippen LogP contribution in [0.3, 0.4) is 0 Å². The maximum atomic E-state index is 5.85. The third-order valence-electron chi connectivity index (χ3n) is 2.80. The molecule has 3 nitrogen and oxygen atoms in total. The minimum atomic E-state index is 0.711. The molecular weight excluding hydrogens is 290 g/mol. The summed E-state index contributed by atoms with van der Waals surface area (Å²) in [5, 5.41) is 5.89. The van der Waals surface area contributed by atoms with E-state index in [2.05, 4.69) is 27.7 Å². The van der Waals surface area contributed by atoms with E-state index in [0.29, 0.717) is 5.02 Å². The highest BCUT2D eigenvalue weighted by atomic mass is 35.5. The Morgan fingerprint density at radius 1 is 1.05 bits per heavy atom. The molecule has 0 saturated heterocycles. The van der Waals surface area contributed by atoms with Crippen molar-refractivity contribution in [2.75, 3.05) is 5.75 Å². The van der Waals surface area contributed by atoms with E-state index in [0.717, 1.165) is 27.9 Å². The van der Waals surface area contributed by atoms with E-state index in [-0.39, 0.29) is 0 Å². The Morgan fingerprint density at radius 3 is 2.45 bits per heavy atom. The highest BCUT2D eigenvalue weighted by Crippen LogP contribution is 2.20. The van der Waals surface area contributed by atoms with Crippen molar-refractivity contribution in [2.24, 2.45) is 10.1 Å². The molecule has 0 unspecified atom stereocenters. The number of amidine groups is 1. The zero-order valence-electron chi connectivity index (χ0n) is 10.6. The molecule has 0 radical (unpaired) electrons. The van der Waals surface area contributed by atoms with Gasteiger partial charge in [-0.25, -0.2) is 4.99 Å². The zero-order valence-corrected chi connectivity index (χ0v) is 12.2. The summed E-state index contributed by atoms with van der Waals surface area (Å²) in [4.78, 5) is 4.49. The monoisotopic (exact) mass is 301 g/mol. The molecule has 0 aliphatic carbocycles. The Morgan fingerprint density at radius 2 is 1.80 bits per heavy atom. The van der Waals surface area contributed by atoms with Crippen molar-refractivity contribution in [3.8, 4) is 0 Å². The number of halogens is 1. The fourth-order valence-electron chi connectivity index (χ4n) is 1.79. The average molecular weight is 302 g/mol. The van der Waals surface area contributed by atoms with Crippen LogP contribution in [0.2, 0.25) is 5.02 Å². The Labute approximate surface area is 126 Å². The number of hydrogen-bond acceptors (Lipinski definition) is 3. The van der Waals surface area contributed by atoms with Crippen LogP contribution in [0.4, 0.5) is 5.69 Å². The van der Waals surface area contributed by atoms with E-state index >= 15 is 0 Å². The molecule has 0 spiro atoms. The summed E-state index contributed by atoms with van der Waals surface area (Å²) < 4.78 is 0. The Hall–Kier alpha value is -1.78. The van der Waals surface area contributed by atoms with Gasteiger partial charge in [-0.3, -0.25) is 5.43 Å². The van der Waals surface area contributed by atoms with E-state index in [1.165, 1.54) is 0 Å². The van der Waals surface area contributed by atoms with Gasteiger partial charge in [0.05, 0.1) is 11.4 Å². The van der Waals surface area contributed by atoms with E-state index < -0.39 is 0 Å². The van der Waals surface area contributed by atoms with Crippen LogP contribution in [0.1, 0.15) is 5.56 Å². The van der Waals surface area contributed by atoms with Crippen LogP contribution in [0, 0.1) is 0 Å². The first kappa shape index (κ1) is 13.2. The van der Waals surface area contributed by atoms with Gasteiger partial charge in [-0.05, 0) is 29.8 Å². The van der Waals surface area contributed by atoms with E-state index in [1.54, 1.807) is 11.8 Å². The molecule has 1 aliphatic heterocycles. The van der Waals surface area contributed by atoms with Crippen molar-refractivity contribution in [1.82, 2.24) is 5.43 Å². The van der Waals surface area contributed by atoms with Crippen LogP contribution >= 0.6 is 23.4 Å². The quantitative estimate of drug-likeness (QED) is 0.908. The number of hydrogen-bond donors (Lipinski definition) is 1. The number of aliphatic imine (C=N–C) groups is 1. The molecule has 20 heavy (non-hydrogen) atoms. The molecule has 2 aromatic carbocycles. The number of thioether (sulfide) groups is 1. The molecule has 3 rings (SSSR count). The van der Waals surface area contributed by atoms with Crippen molar-refractivity contribution < 1.29 is 0 Å².